The van der Waals surface area contributed by atoms with Crippen LogP contribution in [0.3, 0.4) is 0 Å². The van der Waals surface area contributed by atoms with Crippen LogP contribution in [0.1, 0.15) is 24.3 Å². The number of hydrogen-bond acceptors (Lipinski definition) is 1. The van der Waals surface area contributed by atoms with Crippen molar-refractivity contribution in [3.05, 3.63) is 42.0 Å². The summed E-state index contributed by atoms with van der Waals surface area (Å²) in [5, 5.41) is 9.08. The van der Waals surface area contributed by atoms with E-state index in [4.69, 9.17) is 5.11 Å². The van der Waals surface area contributed by atoms with E-state index in [0.717, 1.165) is 0 Å². The molecule has 0 spiro atoms. The highest BCUT2D eigenvalue weighted by Gasteiger charge is 2.10. The van der Waals surface area contributed by atoms with Crippen LogP contribution in [0.2, 0.25) is 0 Å². The highest BCUT2D eigenvalue weighted by molar-refractivity contribution is 5.31. The van der Waals surface area contributed by atoms with Gasteiger partial charge in [-0.15, -0.1) is 0 Å². The monoisotopic (exact) mass is 160 g/mol. The smallest absolute Gasteiger partial charge is 0.115 e. The van der Waals surface area contributed by atoms with E-state index in [-0.39, 0.29) is 0 Å². The molecule has 12 heavy (non-hydrogen) atoms. The highest BCUT2D eigenvalue weighted by atomic mass is 16.3. The first-order valence-corrected chi connectivity index (χ1v) is 4.32. The van der Waals surface area contributed by atoms with Crippen LogP contribution >= 0.6 is 0 Å². The van der Waals surface area contributed by atoms with Crippen molar-refractivity contribution >= 4 is 0 Å². The molecule has 1 nitrogen and oxygen atoms in total. The van der Waals surface area contributed by atoms with Crippen molar-refractivity contribution in [3.63, 3.8) is 0 Å². The second kappa shape index (κ2) is 3.02. The number of benzene rings is 1. The second-order valence-corrected chi connectivity index (χ2v) is 3.20. The van der Waals surface area contributed by atoms with Gasteiger partial charge in [-0.2, -0.15) is 0 Å². The lowest BCUT2D eigenvalue weighted by atomic mass is 9.99. The van der Waals surface area contributed by atoms with Crippen LogP contribution in [0.15, 0.2) is 36.4 Å². The zero-order valence-corrected chi connectivity index (χ0v) is 6.90. The molecule has 0 radical (unpaired) electrons. The molecule has 0 saturated carbocycles. The van der Waals surface area contributed by atoms with Gasteiger partial charge in [0.15, 0.2) is 0 Å². The van der Waals surface area contributed by atoms with E-state index in [1.807, 2.05) is 12.1 Å². The van der Waals surface area contributed by atoms with Crippen molar-refractivity contribution < 1.29 is 5.11 Å². The van der Waals surface area contributed by atoms with Gasteiger partial charge in [-0.3, -0.25) is 0 Å². The predicted molar refractivity (Wildman–Crippen MR) is 49.2 cm³/mol. The summed E-state index contributed by atoms with van der Waals surface area (Å²) in [6.07, 6.45) is 6.86. The fourth-order valence-corrected chi connectivity index (χ4v) is 1.63. The summed E-state index contributed by atoms with van der Waals surface area (Å²) in [4.78, 5) is 0. The molecule has 1 aromatic carbocycles. The van der Waals surface area contributed by atoms with Crippen LogP contribution in [0.5, 0.6) is 5.75 Å². The van der Waals surface area contributed by atoms with Crippen molar-refractivity contribution in [2.24, 2.45) is 0 Å². The zero-order chi connectivity index (χ0) is 8.39. The Hall–Kier alpha value is -1.24. The molecule has 0 unspecified atom stereocenters. The third-order valence-corrected chi connectivity index (χ3v) is 2.33. The van der Waals surface area contributed by atoms with Gasteiger partial charge in [0.25, 0.3) is 0 Å². The Kier molecular flexibility index (Phi) is 1.86. The van der Waals surface area contributed by atoms with Crippen molar-refractivity contribution in [2.45, 2.75) is 18.8 Å². The third-order valence-electron chi connectivity index (χ3n) is 2.33. The topological polar surface area (TPSA) is 20.2 Å². The van der Waals surface area contributed by atoms with Gasteiger partial charge in [0.2, 0.25) is 0 Å². The summed E-state index contributed by atoms with van der Waals surface area (Å²) >= 11 is 0. The molecule has 0 heterocycles. The van der Waals surface area contributed by atoms with Gasteiger partial charge in [-0.1, -0.05) is 24.3 Å². The molecular weight excluding hydrogens is 148 g/mol. The average molecular weight is 160 g/mol. The van der Waals surface area contributed by atoms with Gasteiger partial charge in [0.05, 0.1) is 0 Å². The minimum Gasteiger partial charge on any atom is -0.508 e. The molecule has 0 bridgehead atoms. The molecule has 1 N–H and O–H groups in total. The van der Waals surface area contributed by atoms with Crippen LogP contribution in [0.4, 0.5) is 0 Å². The van der Waals surface area contributed by atoms with E-state index >= 15 is 0 Å². The second-order valence-electron chi connectivity index (χ2n) is 3.20. The first-order valence-electron chi connectivity index (χ1n) is 4.32. The largest absolute Gasteiger partial charge is 0.508 e. The fraction of sp³-hybridized carbons (Fsp3) is 0.273. The normalized spacial score (nSPS) is 21.5. The van der Waals surface area contributed by atoms with Crippen molar-refractivity contribution in [3.8, 4) is 5.75 Å². The van der Waals surface area contributed by atoms with Gasteiger partial charge in [0.1, 0.15) is 5.75 Å². The van der Waals surface area contributed by atoms with Crippen molar-refractivity contribution in [1.82, 2.24) is 0 Å². The Morgan fingerprint density at radius 3 is 2.50 bits per heavy atom. The molecule has 1 aliphatic rings. The molecule has 0 aliphatic heterocycles. The molecule has 1 aliphatic carbocycles. The Balaban J connectivity index is 2.23. The standard InChI is InChI=1S/C11H12O/c12-11-7-5-10(6-8-11)9-3-1-2-4-9/h1,3,5-9,12H,2,4H2/t9-/m1/s1. The maximum atomic E-state index is 9.08. The molecule has 0 amide bonds. The molecule has 1 atom stereocenters. The van der Waals surface area contributed by atoms with Crippen LogP contribution in [0, 0.1) is 0 Å². The minimum atomic E-state index is 0.348. The van der Waals surface area contributed by atoms with Crippen molar-refractivity contribution in [1.29, 1.82) is 0 Å². The predicted octanol–water partition coefficient (Wildman–Crippen LogP) is 2.83. The van der Waals surface area contributed by atoms with E-state index in [1.54, 1.807) is 12.1 Å². The summed E-state index contributed by atoms with van der Waals surface area (Å²) in [7, 11) is 0. The van der Waals surface area contributed by atoms with Gasteiger partial charge in [0, 0.05) is 5.92 Å². The summed E-state index contributed by atoms with van der Waals surface area (Å²) in [5.41, 5.74) is 1.31. The van der Waals surface area contributed by atoms with E-state index in [1.165, 1.54) is 18.4 Å². The molecule has 1 aromatic rings. The van der Waals surface area contributed by atoms with Gasteiger partial charge < -0.3 is 5.11 Å². The summed E-state index contributed by atoms with van der Waals surface area (Å²) < 4.78 is 0. The fourth-order valence-electron chi connectivity index (χ4n) is 1.63. The zero-order valence-electron chi connectivity index (χ0n) is 6.90. The highest BCUT2D eigenvalue weighted by Crippen LogP contribution is 2.28. The minimum absolute atomic E-state index is 0.348. The number of phenolic OH excluding ortho intramolecular Hbond substituents is 1. The van der Waals surface area contributed by atoms with E-state index < -0.39 is 0 Å². The number of aromatic hydroxyl groups is 1. The Morgan fingerprint density at radius 2 is 1.92 bits per heavy atom. The van der Waals surface area contributed by atoms with Crippen LogP contribution in [0.25, 0.3) is 0 Å². The van der Waals surface area contributed by atoms with E-state index in [0.29, 0.717) is 11.7 Å². The molecule has 2 rings (SSSR count). The summed E-state index contributed by atoms with van der Waals surface area (Å²) in [6.45, 7) is 0. The van der Waals surface area contributed by atoms with Crippen LogP contribution in [-0.4, -0.2) is 5.11 Å². The molecular formula is C11H12O. The number of rotatable bonds is 1. The van der Waals surface area contributed by atoms with Gasteiger partial charge in [-0.05, 0) is 30.5 Å². The lowest BCUT2D eigenvalue weighted by Crippen LogP contribution is -1.89. The van der Waals surface area contributed by atoms with Crippen LogP contribution in [-0.2, 0) is 0 Å². The number of allylic oxidation sites excluding steroid dienone is 2. The maximum Gasteiger partial charge on any atom is 0.115 e. The summed E-state index contributed by atoms with van der Waals surface area (Å²) in [6, 6.07) is 7.49. The number of hydrogen-bond donors (Lipinski definition) is 1. The first kappa shape index (κ1) is 7.41. The molecule has 0 aromatic heterocycles. The maximum absolute atomic E-state index is 9.08. The van der Waals surface area contributed by atoms with Gasteiger partial charge >= 0.3 is 0 Å². The third kappa shape index (κ3) is 1.35. The first-order chi connectivity index (χ1) is 5.86. The number of phenols is 1. The van der Waals surface area contributed by atoms with E-state index in [9.17, 15) is 0 Å². The van der Waals surface area contributed by atoms with Gasteiger partial charge in [-0.25, -0.2) is 0 Å². The van der Waals surface area contributed by atoms with Crippen LogP contribution < -0.4 is 0 Å². The Labute approximate surface area is 72.4 Å². The molecule has 1 heteroatoms. The van der Waals surface area contributed by atoms with Crippen molar-refractivity contribution in [2.75, 3.05) is 0 Å². The quantitative estimate of drug-likeness (QED) is 0.626. The SMILES string of the molecule is Oc1ccc([C@@H]2C=CCC2)cc1. The lowest BCUT2D eigenvalue weighted by molar-refractivity contribution is 0.475. The average Bonchev–Trinajstić information content (AvgIpc) is 2.58. The molecule has 0 saturated heterocycles. The van der Waals surface area contributed by atoms with E-state index in [2.05, 4.69) is 12.2 Å². The lowest BCUT2D eigenvalue weighted by Gasteiger charge is -2.06. The molecule has 0 fully saturated rings. The Morgan fingerprint density at radius 1 is 1.17 bits per heavy atom. The Bertz CT molecular complexity index is 284. The summed E-state index contributed by atoms with van der Waals surface area (Å²) in [5.74, 6) is 0.923. The molecule has 62 valence electrons.